The highest BCUT2D eigenvalue weighted by molar-refractivity contribution is 7.67. The summed E-state index contributed by atoms with van der Waals surface area (Å²) in [4.78, 5) is 0. The van der Waals surface area contributed by atoms with Crippen LogP contribution in [-0.2, 0) is 9.09 Å². The SMILES string of the molecule is N[C@H]1[C@@H](O)[C@@H](O)[C@@H]([C@H](O)CO)OP1(=O)c1ccccc1. The molecule has 1 unspecified atom stereocenters. The van der Waals surface area contributed by atoms with Gasteiger partial charge in [-0.25, -0.2) is 0 Å². The van der Waals surface area contributed by atoms with Crippen LogP contribution in [0.1, 0.15) is 0 Å². The Labute approximate surface area is 116 Å². The fourth-order valence-corrected chi connectivity index (χ4v) is 4.58. The maximum Gasteiger partial charge on any atom is 0.251 e. The topological polar surface area (TPSA) is 133 Å². The van der Waals surface area contributed by atoms with Crippen LogP contribution in [0.25, 0.3) is 0 Å². The van der Waals surface area contributed by atoms with Crippen LogP contribution in [0, 0.1) is 0 Å². The van der Waals surface area contributed by atoms with Crippen molar-refractivity contribution in [1.82, 2.24) is 0 Å². The van der Waals surface area contributed by atoms with Gasteiger partial charge in [0.15, 0.2) is 0 Å². The van der Waals surface area contributed by atoms with Crippen molar-refractivity contribution in [3.8, 4) is 0 Å². The number of hydrogen-bond acceptors (Lipinski definition) is 7. The highest BCUT2D eigenvalue weighted by atomic mass is 31.2. The molecule has 0 bridgehead atoms. The Kier molecular flexibility index (Phi) is 4.61. The van der Waals surface area contributed by atoms with E-state index in [1.165, 1.54) is 12.1 Å². The van der Waals surface area contributed by atoms with E-state index >= 15 is 0 Å². The third kappa shape index (κ3) is 2.54. The van der Waals surface area contributed by atoms with E-state index in [0.29, 0.717) is 0 Å². The Morgan fingerprint density at radius 1 is 1.25 bits per heavy atom. The molecule has 0 amide bonds. The first-order valence-electron chi connectivity index (χ1n) is 6.16. The normalized spacial score (nSPS) is 39.5. The van der Waals surface area contributed by atoms with Gasteiger partial charge in [0.05, 0.1) is 6.61 Å². The molecular formula is C12H18NO6P. The summed E-state index contributed by atoms with van der Waals surface area (Å²) in [6, 6.07) is 8.07. The van der Waals surface area contributed by atoms with Crippen molar-refractivity contribution in [3.63, 3.8) is 0 Å². The molecule has 1 aromatic rings. The lowest BCUT2D eigenvalue weighted by molar-refractivity contribution is -0.117. The molecule has 20 heavy (non-hydrogen) atoms. The van der Waals surface area contributed by atoms with Gasteiger partial charge in [-0.05, 0) is 12.1 Å². The van der Waals surface area contributed by atoms with Crippen LogP contribution in [-0.4, -0.2) is 57.2 Å². The van der Waals surface area contributed by atoms with Gasteiger partial charge in [0, 0.05) is 5.30 Å². The molecule has 1 aliphatic heterocycles. The van der Waals surface area contributed by atoms with Crippen molar-refractivity contribution in [1.29, 1.82) is 0 Å². The van der Waals surface area contributed by atoms with Gasteiger partial charge in [0.25, 0.3) is 7.37 Å². The van der Waals surface area contributed by atoms with E-state index in [1.807, 2.05) is 0 Å². The lowest BCUT2D eigenvalue weighted by Gasteiger charge is -2.42. The number of benzene rings is 1. The molecule has 6 atom stereocenters. The summed E-state index contributed by atoms with van der Waals surface area (Å²) in [5, 5.41) is 38.6. The van der Waals surface area contributed by atoms with Gasteiger partial charge in [-0.2, -0.15) is 0 Å². The average molecular weight is 303 g/mol. The lowest BCUT2D eigenvalue weighted by Crippen LogP contribution is -2.58. The van der Waals surface area contributed by atoms with Crippen molar-refractivity contribution < 1.29 is 29.5 Å². The van der Waals surface area contributed by atoms with Crippen LogP contribution in [0.4, 0.5) is 0 Å². The molecule has 1 aromatic carbocycles. The zero-order valence-corrected chi connectivity index (χ0v) is 11.5. The molecule has 0 spiro atoms. The van der Waals surface area contributed by atoms with E-state index < -0.39 is 44.2 Å². The standard InChI is InChI=1S/C12H18NO6P/c13-12-10(17)9(16)11(8(15)6-14)19-20(12,18)7-4-2-1-3-5-7/h1-5,8-12,14-17H,6,13H2/t8-,9-,10+,11-,12-,20?/m1/s1. The molecule has 2 rings (SSSR count). The quantitative estimate of drug-likeness (QED) is 0.422. The summed E-state index contributed by atoms with van der Waals surface area (Å²) in [6.45, 7) is -0.696. The van der Waals surface area contributed by atoms with Crippen molar-refractivity contribution in [2.75, 3.05) is 6.61 Å². The van der Waals surface area contributed by atoms with Gasteiger partial charge in [-0.15, -0.1) is 0 Å². The molecule has 7 nitrogen and oxygen atoms in total. The predicted molar refractivity (Wildman–Crippen MR) is 71.6 cm³/mol. The van der Waals surface area contributed by atoms with Crippen LogP contribution in [0.5, 0.6) is 0 Å². The summed E-state index contributed by atoms with van der Waals surface area (Å²) in [6.07, 6.45) is -5.90. The predicted octanol–water partition coefficient (Wildman–Crippen LogP) is -1.65. The largest absolute Gasteiger partial charge is 0.394 e. The minimum atomic E-state index is -3.68. The van der Waals surface area contributed by atoms with Crippen molar-refractivity contribution in [3.05, 3.63) is 30.3 Å². The van der Waals surface area contributed by atoms with Gasteiger partial charge in [-0.1, -0.05) is 18.2 Å². The summed E-state index contributed by atoms with van der Waals surface area (Å²) >= 11 is 0. The minimum Gasteiger partial charge on any atom is -0.394 e. The van der Waals surface area contributed by atoms with Crippen molar-refractivity contribution in [2.45, 2.75) is 30.2 Å². The van der Waals surface area contributed by atoms with E-state index in [2.05, 4.69) is 0 Å². The molecular weight excluding hydrogens is 285 g/mol. The number of nitrogens with two attached hydrogens (primary N) is 1. The molecule has 0 aliphatic carbocycles. The Balaban J connectivity index is 2.40. The fraction of sp³-hybridized carbons (Fsp3) is 0.500. The number of hydrogen-bond donors (Lipinski definition) is 5. The second-order valence-corrected chi connectivity index (χ2v) is 7.24. The van der Waals surface area contributed by atoms with Crippen LogP contribution in [0.3, 0.4) is 0 Å². The van der Waals surface area contributed by atoms with Crippen LogP contribution >= 0.6 is 7.37 Å². The second kappa shape index (κ2) is 5.91. The van der Waals surface area contributed by atoms with Crippen LogP contribution in [0.2, 0.25) is 0 Å². The molecule has 112 valence electrons. The minimum absolute atomic E-state index is 0.286. The molecule has 1 aliphatic rings. The van der Waals surface area contributed by atoms with Gasteiger partial charge in [0.2, 0.25) is 0 Å². The molecule has 6 N–H and O–H groups in total. The zero-order valence-electron chi connectivity index (χ0n) is 10.6. The van der Waals surface area contributed by atoms with Crippen LogP contribution in [0.15, 0.2) is 30.3 Å². The highest BCUT2D eigenvalue weighted by Crippen LogP contribution is 2.55. The molecule has 1 heterocycles. The Morgan fingerprint density at radius 2 is 1.85 bits per heavy atom. The maximum absolute atomic E-state index is 12.9. The van der Waals surface area contributed by atoms with Crippen molar-refractivity contribution >= 4 is 12.7 Å². The average Bonchev–Trinajstić information content (AvgIpc) is 2.49. The number of aliphatic hydroxyl groups excluding tert-OH is 4. The van der Waals surface area contributed by atoms with Crippen molar-refractivity contribution in [2.24, 2.45) is 5.73 Å². The molecule has 8 heteroatoms. The summed E-state index contributed by atoms with van der Waals surface area (Å²) in [5.74, 6) is -1.30. The summed E-state index contributed by atoms with van der Waals surface area (Å²) in [7, 11) is -3.68. The highest BCUT2D eigenvalue weighted by Gasteiger charge is 2.52. The van der Waals surface area contributed by atoms with E-state index in [1.54, 1.807) is 18.2 Å². The first kappa shape index (κ1) is 15.6. The van der Waals surface area contributed by atoms with Crippen LogP contribution < -0.4 is 11.0 Å². The first-order chi connectivity index (χ1) is 9.41. The van der Waals surface area contributed by atoms with E-state index in [-0.39, 0.29) is 5.30 Å². The second-order valence-electron chi connectivity index (χ2n) is 4.72. The van der Waals surface area contributed by atoms with Gasteiger partial charge in [-0.3, -0.25) is 4.57 Å². The Morgan fingerprint density at radius 3 is 2.40 bits per heavy atom. The molecule has 1 fully saturated rings. The smallest absolute Gasteiger partial charge is 0.251 e. The fourth-order valence-electron chi connectivity index (χ4n) is 2.18. The number of aliphatic hydroxyl groups is 4. The van der Waals surface area contributed by atoms with E-state index in [4.69, 9.17) is 15.4 Å². The van der Waals surface area contributed by atoms with E-state index in [9.17, 15) is 19.9 Å². The molecule has 1 saturated heterocycles. The molecule has 0 radical (unpaired) electrons. The molecule has 0 aromatic heterocycles. The van der Waals surface area contributed by atoms with E-state index in [0.717, 1.165) is 0 Å². The first-order valence-corrected chi connectivity index (χ1v) is 7.85. The third-order valence-corrected chi connectivity index (χ3v) is 6.05. The third-order valence-electron chi connectivity index (χ3n) is 3.39. The Hall–Kier alpha value is -0.790. The van der Waals surface area contributed by atoms with Gasteiger partial charge < -0.3 is 30.7 Å². The summed E-state index contributed by atoms with van der Waals surface area (Å²) in [5.41, 5.74) is 5.74. The summed E-state index contributed by atoms with van der Waals surface area (Å²) < 4.78 is 18.3. The zero-order chi connectivity index (χ0) is 14.9. The van der Waals surface area contributed by atoms with Gasteiger partial charge in [0.1, 0.15) is 30.2 Å². The lowest BCUT2D eigenvalue weighted by atomic mass is 10.0. The monoisotopic (exact) mass is 303 g/mol. The molecule has 0 saturated carbocycles. The number of rotatable bonds is 3. The van der Waals surface area contributed by atoms with Gasteiger partial charge >= 0.3 is 0 Å². The maximum atomic E-state index is 12.9. The Bertz CT molecular complexity index is 498.